The molecule has 3 nitrogen and oxygen atoms in total. The monoisotopic (exact) mass is 562 g/mol. The molecule has 9 aromatic rings. The average Bonchev–Trinajstić information content (AvgIpc) is 3.48. The summed E-state index contributed by atoms with van der Waals surface area (Å²) in [5.74, 6) is 0. The van der Waals surface area contributed by atoms with Gasteiger partial charge in [0.1, 0.15) is 5.58 Å². The van der Waals surface area contributed by atoms with Crippen molar-refractivity contribution < 1.29 is 4.42 Å². The Hall–Kier alpha value is -5.93. The molecular formula is C41H26N2O. The van der Waals surface area contributed by atoms with E-state index >= 15 is 0 Å². The Labute approximate surface area is 254 Å². The van der Waals surface area contributed by atoms with Crippen LogP contribution in [-0.4, -0.2) is 4.98 Å². The molecule has 9 rings (SSSR count). The van der Waals surface area contributed by atoms with E-state index in [-0.39, 0.29) is 0 Å². The fraction of sp³-hybridized carbons (Fsp3) is 0. The summed E-state index contributed by atoms with van der Waals surface area (Å²) in [6, 6.07) is 53.9. The van der Waals surface area contributed by atoms with E-state index in [9.17, 15) is 0 Å². The maximum atomic E-state index is 6.21. The third kappa shape index (κ3) is 3.87. The van der Waals surface area contributed by atoms with Crippen molar-refractivity contribution in [3.05, 3.63) is 158 Å². The number of fused-ring (bicyclic) bond motifs is 8. The van der Waals surface area contributed by atoms with E-state index in [1.807, 2.05) is 18.3 Å². The van der Waals surface area contributed by atoms with E-state index in [0.29, 0.717) is 5.71 Å². The summed E-state index contributed by atoms with van der Waals surface area (Å²) in [5, 5.41) is 9.56. The zero-order valence-electron chi connectivity index (χ0n) is 23.8. The van der Waals surface area contributed by atoms with Gasteiger partial charge in [0.15, 0.2) is 0 Å². The second kappa shape index (κ2) is 9.82. The number of hydrogen-bond acceptors (Lipinski definition) is 3. The third-order valence-corrected chi connectivity index (χ3v) is 8.71. The maximum Gasteiger partial charge on any atom is 0.229 e. The Morgan fingerprint density at radius 3 is 1.93 bits per heavy atom. The number of pyridine rings is 1. The van der Waals surface area contributed by atoms with Crippen molar-refractivity contribution >= 4 is 71.4 Å². The van der Waals surface area contributed by atoms with Gasteiger partial charge in [0.05, 0.1) is 11.1 Å². The van der Waals surface area contributed by atoms with Crippen molar-refractivity contribution in [3.63, 3.8) is 0 Å². The van der Waals surface area contributed by atoms with Gasteiger partial charge in [-0.1, -0.05) is 115 Å². The number of nitrogens with zero attached hydrogens (tertiary/aromatic N) is 2. The average molecular weight is 563 g/mol. The van der Waals surface area contributed by atoms with E-state index in [2.05, 4.69) is 149 Å². The number of furan rings is 1. The van der Waals surface area contributed by atoms with Crippen LogP contribution in [0.3, 0.4) is 0 Å². The molecule has 0 aliphatic carbocycles. The number of benzene rings is 7. The lowest BCUT2D eigenvalue weighted by Gasteiger charge is -2.26. The molecule has 44 heavy (non-hydrogen) atoms. The molecule has 0 saturated heterocycles. The summed E-state index contributed by atoms with van der Waals surface area (Å²) in [6.07, 6.45) is 1.84. The predicted molar refractivity (Wildman–Crippen MR) is 184 cm³/mol. The summed E-state index contributed by atoms with van der Waals surface area (Å²) in [5.41, 5.74) is 7.00. The Kier molecular flexibility index (Phi) is 5.50. The first-order valence-corrected chi connectivity index (χ1v) is 14.9. The van der Waals surface area contributed by atoms with E-state index in [0.717, 1.165) is 33.4 Å². The van der Waals surface area contributed by atoms with Crippen LogP contribution in [0, 0.1) is 0 Å². The van der Waals surface area contributed by atoms with Crippen LogP contribution in [0.25, 0.3) is 65.5 Å². The number of rotatable bonds is 4. The normalized spacial score (nSPS) is 11.6. The molecule has 0 atom stereocenters. The van der Waals surface area contributed by atoms with Gasteiger partial charge in [-0.2, -0.15) is 0 Å². The van der Waals surface area contributed by atoms with E-state index in [1.54, 1.807) is 0 Å². The van der Waals surface area contributed by atoms with Crippen molar-refractivity contribution in [1.29, 1.82) is 0 Å². The molecule has 2 aromatic heterocycles. The number of anilines is 3. The largest absolute Gasteiger partial charge is 0.438 e. The first-order chi connectivity index (χ1) is 21.8. The van der Waals surface area contributed by atoms with Crippen LogP contribution in [0.15, 0.2) is 162 Å². The van der Waals surface area contributed by atoms with Crippen molar-refractivity contribution in [3.8, 4) is 11.1 Å². The fourth-order valence-electron chi connectivity index (χ4n) is 6.63. The lowest BCUT2D eigenvalue weighted by Crippen LogP contribution is -2.10. The van der Waals surface area contributed by atoms with Gasteiger partial charge in [-0.15, -0.1) is 0 Å². The predicted octanol–water partition coefficient (Wildman–Crippen LogP) is 11.6. The molecule has 0 unspecified atom stereocenters. The Bertz CT molecular complexity index is 2490. The number of hydrogen-bond donors (Lipinski definition) is 0. The van der Waals surface area contributed by atoms with Crippen LogP contribution in [0.4, 0.5) is 17.1 Å². The van der Waals surface area contributed by atoms with Crippen LogP contribution in [0.2, 0.25) is 0 Å². The van der Waals surface area contributed by atoms with Gasteiger partial charge in [-0.3, -0.25) is 0 Å². The molecule has 7 aromatic carbocycles. The molecule has 0 bridgehead atoms. The van der Waals surface area contributed by atoms with Gasteiger partial charge in [0.2, 0.25) is 5.71 Å². The van der Waals surface area contributed by atoms with Crippen molar-refractivity contribution in [2.24, 2.45) is 0 Å². The van der Waals surface area contributed by atoms with Crippen LogP contribution in [-0.2, 0) is 0 Å². The maximum absolute atomic E-state index is 6.21. The van der Waals surface area contributed by atoms with Gasteiger partial charge in [-0.25, -0.2) is 4.98 Å². The summed E-state index contributed by atoms with van der Waals surface area (Å²) in [7, 11) is 0. The minimum absolute atomic E-state index is 0.633. The van der Waals surface area contributed by atoms with E-state index in [4.69, 9.17) is 4.42 Å². The van der Waals surface area contributed by atoms with Gasteiger partial charge in [0.25, 0.3) is 0 Å². The smallest absolute Gasteiger partial charge is 0.229 e. The fourth-order valence-corrected chi connectivity index (χ4v) is 6.63. The lowest BCUT2D eigenvalue weighted by atomic mass is 9.96. The summed E-state index contributed by atoms with van der Waals surface area (Å²) < 4.78 is 6.21. The molecule has 2 heterocycles. The van der Waals surface area contributed by atoms with E-state index in [1.165, 1.54) is 43.4 Å². The number of para-hydroxylation sites is 1. The van der Waals surface area contributed by atoms with Crippen LogP contribution in [0.5, 0.6) is 0 Å². The molecule has 0 spiro atoms. The summed E-state index contributed by atoms with van der Waals surface area (Å²) in [4.78, 5) is 6.94. The third-order valence-electron chi connectivity index (χ3n) is 8.71. The zero-order chi connectivity index (χ0) is 29.0. The first kappa shape index (κ1) is 24.6. The quantitative estimate of drug-likeness (QED) is 0.200. The minimum atomic E-state index is 0.633. The van der Waals surface area contributed by atoms with Crippen LogP contribution in [0.1, 0.15) is 0 Å². The molecule has 0 radical (unpaired) electrons. The molecular weight excluding hydrogens is 536 g/mol. The van der Waals surface area contributed by atoms with Gasteiger partial charge >= 0.3 is 0 Å². The van der Waals surface area contributed by atoms with Crippen molar-refractivity contribution in [2.75, 3.05) is 4.90 Å². The number of aromatic nitrogens is 1. The topological polar surface area (TPSA) is 29.3 Å². The molecule has 3 heteroatoms. The van der Waals surface area contributed by atoms with E-state index < -0.39 is 0 Å². The highest BCUT2D eigenvalue weighted by Gasteiger charge is 2.20. The van der Waals surface area contributed by atoms with Crippen molar-refractivity contribution in [1.82, 2.24) is 4.98 Å². The van der Waals surface area contributed by atoms with Gasteiger partial charge in [-0.05, 0) is 79.8 Å². The Morgan fingerprint density at radius 1 is 0.455 bits per heavy atom. The van der Waals surface area contributed by atoms with Crippen LogP contribution >= 0.6 is 0 Å². The molecule has 206 valence electrons. The highest BCUT2D eigenvalue weighted by atomic mass is 16.3. The summed E-state index contributed by atoms with van der Waals surface area (Å²) in [6.45, 7) is 0. The molecule has 0 aliphatic heterocycles. The second-order valence-corrected chi connectivity index (χ2v) is 11.2. The SMILES string of the molecule is c1ccc(-c2ccc(N(c3ccc4c(ccc5c6ccccc6ccc45)c3)c3ccnc4oc5ccccc5c34)cc2)cc1. The van der Waals surface area contributed by atoms with Crippen LogP contribution < -0.4 is 4.90 Å². The Balaban J connectivity index is 1.27. The molecule has 0 aliphatic rings. The zero-order valence-corrected chi connectivity index (χ0v) is 23.8. The summed E-state index contributed by atoms with van der Waals surface area (Å²) >= 11 is 0. The molecule has 0 N–H and O–H groups in total. The first-order valence-electron chi connectivity index (χ1n) is 14.9. The van der Waals surface area contributed by atoms with Crippen molar-refractivity contribution in [2.45, 2.75) is 0 Å². The molecule has 0 fully saturated rings. The highest BCUT2D eigenvalue weighted by Crippen LogP contribution is 2.43. The lowest BCUT2D eigenvalue weighted by molar-refractivity contribution is 0.654. The second-order valence-electron chi connectivity index (χ2n) is 11.2. The standard InChI is InChI=1S/C41H26N2O/c1-2-8-27(9-3-1)28-14-18-31(19-15-28)43(38-24-25-42-41-40(38)37-12-6-7-13-39(37)44-41)32-20-23-34-30(26-32)17-22-35-33-11-5-4-10-29(33)16-21-36(34)35/h1-26H. The highest BCUT2D eigenvalue weighted by molar-refractivity contribution is 6.18. The van der Waals surface area contributed by atoms with Gasteiger partial charge < -0.3 is 9.32 Å². The molecule has 0 saturated carbocycles. The molecule has 0 amide bonds. The van der Waals surface area contributed by atoms with Gasteiger partial charge in [0, 0.05) is 23.0 Å². The minimum Gasteiger partial charge on any atom is -0.438 e. The Morgan fingerprint density at radius 2 is 1.09 bits per heavy atom.